The van der Waals surface area contributed by atoms with Crippen molar-refractivity contribution in [3.63, 3.8) is 0 Å². The molecule has 20 heavy (non-hydrogen) atoms. The van der Waals surface area contributed by atoms with Crippen LogP contribution in [0.4, 0.5) is 17.1 Å². The molecular weight excluding hydrogens is 303 g/mol. The molecule has 1 N–H and O–H groups in total. The van der Waals surface area contributed by atoms with Crippen molar-refractivity contribution in [2.75, 3.05) is 5.43 Å². The monoisotopic (exact) mass is 310 g/mol. The Morgan fingerprint density at radius 2 is 1.95 bits per heavy atom. The fourth-order valence-electron chi connectivity index (χ4n) is 1.39. The van der Waals surface area contributed by atoms with Crippen molar-refractivity contribution in [3.05, 3.63) is 62.6 Å². The first-order chi connectivity index (χ1) is 9.56. The van der Waals surface area contributed by atoms with Crippen molar-refractivity contribution in [1.82, 2.24) is 0 Å². The van der Waals surface area contributed by atoms with Gasteiger partial charge in [-0.05, 0) is 24.3 Å². The van der Waals surface area contributed by atoms with Gasteiger partial charge in [-0.1, -0.05) is 34.5 Å². The normalized spacial score (nSPS) is 10.7. The number of non-ortho nitro benzene ring substituents is 1. The van der Waals surface area contributed by atoms with E-state index in [0.717, 1.165) is 0 Å². The van der Waals surface area contributed by atoms with Crippen molar-refractivity contribution in [2.45, 2.75) is 0 Å². The number of rotatable bonds is 4. The highest BCUT2D eigenvalue weighted by molar-refractivity contribution is 6.35. The molecule has 0 saturated carbocycles. The number of anilines is 1. The lowest BCUT2D eigenvalue weighted by atomic mass is 10.3. The number of benzene rings is 2. The molecule has 0 aliphatic rings. The lowest BCUT2D eigenvalue weighted by Gasteiger charge is -2.00. The molecule has 0 saturated heterocycles. The molecule has 0 amide bonds. The van der Waals surface area contributed by atoms with Crippen molar-refractivity contribution < 1.29 is 4.92 Å². The van der Waals surface area contributed by atoms with E-state index in [2.05, 4.69) is 15.8 Å². The highest BCUT2D eigenvalue weighted by Crippen LogP contribution is 2.28. The van der Waals surface area contributed by atoms with E-state index in [1.807, 2.05) is 0 Å². The summed E-state index contributed by atoms with van der Waals surface area (Å²) in [6.45, 7) is 0. The Bertz CT molecular complexity index is 676. The van der Waals surface area contributed by atoms with Crippen LogP contribution >= 0.6 is 23.2 Å². The van der Waals surface area contributed by atoms with E-state index in [0.29, 0.717) is 21.4 Å². The molecule has 0 spiro atoms. The van der Waals surface area contributed by atoms with Crippen LogP contribution in [0, 0.1) is 10.1 Å². The summed E-state index contributed by atoms with van der Waals surface area (Å²) < 4.78 is 0. The molecule has 8 heteroatoms. The Labute approximate surface area is 124 Å². The molecule has 0 atom stereocenters. The van der Waals surface area contributed by atoms with Crippen LogP contribution in [0.2, 0.25) is 10.0 Å². The summed E-state index contributed by atoms with van der Waals surface area (Å²) >= 11 is 11.7. The third-order valence-electron chi connectivity index (χ3n) is 2.30. The van der Waals surface area contributed by atoms with Crippen LogP contribution in [0.25, 0.3) is 0 Å². The summed E-state index contributed by atoms with van der Waals surface area (Å²) in [4.78, 5) is 10.1. The molecule has 2 rings (SSSR count). The fourth-order valence-corrected chi connectivity index (χ4v) is 1.71. The molecule has 0 aliphatic carbocycles. The number of nitro groups is 1. The minimum absolute atomic E-state index is 0.0361. The van der Waals surface area contributed by atoms with Gasteiger partial charge in [-0.2, -0.15) is 0 Å². The van der Waals surface area contributed by atoms with Gasteiger partial charge in [0, 0.05) is 17.2 Å². The average Bonchev–Trinajstić information content (AvgIpc) is 2.43. The first-order valence-corrected chi connectivity index (χ1v) is 6.18. The Balaban J connectivity index is 2.12. The molecule has 0 aromatic heterocycles. The minimum Gasteiger partial charge on any atom is -0.260 e. The Morgan fingerprint density at radius 1 is 1.15 bits per heavy atom. The van der Waals surface area contributed by atoms with E-state index < -0.39 is 4.92 Å². The minimum atomic E-state index is -0.490. The van der Waals surface area contributed by atoms with E-state index in [1.54, 1.807) is 30.3 Å². The summed E-state index contributed by atoms with van der Waals surface area (Å²) in [5, 5.41) is 19.1. The molecule has 0 heterocycles. The second-order valence-corrected chi connectivity index (χ2v) is 4.56. The summed E-state index contributed by atoms with van der Waals surface area (Å²) in [5.41, 5.74) is 3.40. The van der Waals surface area contributed by atoms with Crippen LogP contribution in [0.5, 0.6) is 0 Å². The molecule has 6 nitrogen and oxygen atoms in total. The predicted molar refractivity (Wildman–Crippen MR) is 77.7 cm³/mol. The van der Waals surface area contributed by atoms with Gasteiger partial charge in [0.05, 0.1) is 15.6 Å². The van der Waals surface area contributed by atoms with Gasteiger partial charge in [0.15, 0.2) is 0 Å². The summed E-state index contributed by atoms with van der Waals surface area (Å²) in [6.07, 6.45) is 0. The number of halogens is 2. The molecule has 0 unspecified atom stereocenters. The van der Waals surface area contributed by atoms with Gasteiger partial charge in [0.25, 0.3) is 5.69 Å². The highest BCUT2D eigenvalue weighted by atomic mass is 35.5. The maximum absolute atomic E-state index is 10.6. The number of hydrogen-bond donors (Lipinski definition) is 1. The van der Waals surface area contributed by atoms with Gasteiger partial charge in [-0.15, -0.1) is 5.11 Å². The molecule has 2 aromatic carbocycles. The Kier molecular flexibility index (Phi) is 4.49. The standard InChI is InChI=1S/C12H8Cl2N4O2/c13-8-4-5-11(14)12(6-8)16-17-15-9-2-1-3-10(7-9)18(19)20/h1-7H,(H,15,16). The van der Waals surface area contributed by atoms with Crippen LogP contribution in [0.15, 0.2) is 52.8 Å². The predicted octanol–water partition coefficient (Wildman–Crippen LogP) is 5.01. The molecule has 0 radical (unpaired) electrons. The van der Waals surface area contributed by atoms with Crippen LogP contribution < -0.4 is 5.43 Å². The molecule has 102 valence electrons. The zero-order valence-electron chi connectivity index (χ0n) is 9.96. The third kappa shape index (κ3) is 3.66. The quantitative estimate of drug-likeness (QED) is 0.489. The number of nitrogens with one attached hydrogen (secondary N) is 1. The zero-order valence-corrected chi connectivity index (χ0v) is 11.5. The van der Waals surface area contributed by atoms with Crippen molar-refractivity contribution >= 4 is 40.3 Å². The number of nitro benzene ring substituents is 1. The van der Waals surface area contributed by atoms with E-state index in [4.69, 9.17) is 23.2 Å². The van der Waals surface area contributed by atoms with Crippen molar-refractivity contribution in [3.8, 4) is 0 Å². The molecule has 2 aromatic rings. The van der Waals surface area contributed by atoms with Crippen LogP contribution in [0.1, 0.15) is 0 Å². The summed E-state index contributed by atoms with van der Waals surface area (Å²) in [6, 6.07) is 10.7. The first-order valence-electron chi connectivity index (χ1n) is 5.42. The highest BCUT2D eigenvalue weighted by Gasteiger charge is 2.05. The molecule has 0 bridgehead atoms. The van der Waals surface area contributed by atoms with E-state index in [9.17, 15) is 10.1 Å². The van der Waals surface area contributed by atoms with Gasteiger partial charge in [-0.25, -0.2) is 0 Å². The summed E-state index contributed by atoms with van der Waals surface area (Å²) in [7, 11) is 0. The lowest BCUT2D eigenvalue weighted by molar-refractivity contribution is -0.384. The van der Waals surface area contributed by atoms with E-state index in [-0.39, 0.29) is 5.69 Å². The van der Waals surface area contributed by atoms with Crippen molar-refractivity contribution in [1.29, 1.82) is 0 Å². The van der Waals surface area contributed by atoms with Gasteiger partial charge < -0.3 is 0 Å². The second-order valence-electron chi connectivity index (χ2n) is 3.71. The number of hydrogen-bond acceptors (Lipinski definition) is 4. The number of nitrogens with zero attached hydrogens (tertiary/aromatic N) is 3. The zero-order chi connectivity index (χ0) is 14.5. The molecule has 0 fully saturated rings. The van der Waals surface area contributed by atoms with Crippen LogP contribution in [-0.2, 0) is 0 Å². The summed E-state index contributed by atoms with van der Waals surface area (Å²) in [5.74, 6) is 0. The maximum Gasteiger partial charge on any atom is 0.271 e. The van der Waals surface area contributed by atoms with Gasteiger partial charge in [0.2, 0.25) is 0 Å². The maximum atomic E-state index is 10.6. The Hall–Kier alpha value is -2.18. The fraction of sp³-hybridized carbons (Fsp3) is 0. The second kappa shape index (κ2) is 6.31. The third-order valence-corrected chi connectivity index (χ3v) is 2.86. The topological polar surface area (TPSA) is 79.9 Å². The SMILES string of the molecule is O=[N+]([O-])c1cccc(NN=Nc2cc(Cl)ccc2Cl)c1. The van der Waals surface area contributed by atoms with Crippen LogP contribution in [0.3, 0.4) is 0 Å². The molecular formula is C12H8Cl2N4O2. The smallest absolute Gasteiger partial charge is 0.260 e. The average molecular weight is 311 g/mol. The Morgan fingerprint density at radius 3 is 2.70 bits per heavy atom. The van der Waals surface area contributed by atoms with E-state index in [1.165, 1.54) is 12.1 Å². The van der Waals surface area contributed by atoms with E-state index >= 15 is 0 Å². The van der Waals surface area contributed by atoms with Crippen molar-refractivity contribution in [2.24, 2.45) is 10.3 Å². The van der Waals surface area contributed by atoms with Crippen LogP contribution in [-0.4, -0.2) is 4.92 Å². The van der Waals surface area contributed by atoms with Gasteiger partial charge >= 0.3 is 0 Å². The first kappa shape index (κ1) is 14.2. The van der Waals surface area contributed by atoms with Gasteiger partial charge in [-0.3, -0.25) is 15.5 Å². The largest absolute Gasteiger partial charge is 0.271 e. The van der Waals surface area contributed by atoms with Gasteiger partial charge in [0.1, 0.15) is 5.69 Å². The molecule has 0 aliphatic heterocycles. The lowest BCUT2D eigenvalue weighted by Crippen LogP contribution is -1.90.